The average molecular weight is 411 g/mol. The lowest BCUT2D eigenvalue weighted by atomic mass is 10.0. The van der Waals surface area contributed by atoms with Crippen LogP contribution < -0.4 is 9.47 Å². The third-order valence-corrected chi connectivity index (χ3v) is 5.31. The molecule has 0 aliphatic carbocycles. The Bertz CT molecular complexity index is 704. The normalized spacial score (nSPS) is 10.7. The lowest BCUT2D eigenvalue weighted by molar-refractivity contribution is 0.0734. The van der Waals surface area contributed by atoms with Crippen LogP contribution in [0.15, 0.2) is 48.5 Å². The van der Waals surface area contributed by atoms with E-state index in [2.05, 4.69) is 13.8 Å². The standard InChI is InChI=1S/C27H38O3/c1-3-5-7-9-11-13-23-14-16-24(17-15-23)27(28)30-26-20-18-25(19-21-26)29-22-12-10-8-6-4-2/h14-21H,3-13,22H2,1-2H3. The van der Waals surface area contributed by atoms with Crippen LogP contribution in [0.3, 0.4) is 0 Å². The number of esters is 1. The summed E-state index contributed by atoms with van der Waals surface area (Å²) in [5.41, 5.74) is 1.86. The fraction of sp³-hybridized carbons (Fsp3) is 0.519. The molecule has 0 heterocycles. The maximum atomic E-state index is 12.4. The van der Waals surface area contributed by atoms with E-state index in [1.165, 1.54) is 63.4 Å². The molecule has 0 unspecified atom stereocenters. The molecule has 3 heteroatoms. The molecule has 0 fully saturated rings. The zero-order valence-electron chi connectivity index (χ0n) is 18.8. The van der Waals surface area contributed by atoms with E-state index in [0.29, 0.717) is 11.3 Å². The molecule has 2 rings (SSSR count). The maximum Gasteiger partial charge on any atom is 0.343 e. The van der Waals surface area contributed by atoms with Crippen molar-refractivity contribution in [1.29, 1.82) is 0 Å². The summed E-state index contributed by atoms with van der Waals surface area (Å²) in [6.45, 7) is 5.18. The van der Waals surface area contributed by atoms with E-state index < -0.39 is 0 Å². The van der Waals surface area contributed by atoms with Crippen molar-refractivity contribution in [2.24, 2.45) is 0 Å². The zero-order valence-corrected chi connectivity index (χ0v) is 18.8. The molecule has 164 valence electrons. The minimum atomic E-state index is -0.325. The molecule has 0 aromatic heterocycles. The van der Waals surface area contributed by atoms with Crippen LogP contribution in [-0.4, -0.2) is 12.6 Å². The first kappa shape index (κ1) is 24.0. The van der Waals surface area contributed by atoms with Crippen molar-refractivity contribution >= 4 is 5.97 Å². The highest BCUT2D eigenvalue weighted by molar-refractivity contribution is 5.91. The number of hydrogen-bond donors (Lipinski definition) is 0. The topological polar surface area (TPSA) is 35.5 Å². The molecule has 0 saturated carbocycles. The van der Waals surface area contributed by atoms with Gasteiger partial charge in [0.05, 0.1) is 12.2 Å². The Balaban J connectivity index is 1.72. The van der Waals surface area contributed by atoms with E-state index in [-0.39, 0.29) is 5.97 Å². The quantitative estimate of drug-likeness (QED) is 0.171. The number of unbranched alkanes of at least 4 members (excludes halogenated alkanes) is 8. The summed E-state index contributed by atoms with van der Waals surface area (Å²) in [4.78, 5) is 12.4. The van der Waals surface area contributed by atoms with Gasteiger partial charge in [-0.05, 0) is 61.2 Å². The van der Waals surface area contributed by atoms with E-state index in [4.69, 9.17) is 9.47 Å². The second-order valence-corrected chi connectivity index (χ2v) is 7.98. The minimum absolute atomic E-state index is 0.325. The fourth-order valence-corrected chi connectivity index (χ4v) is 3.41. The van der Waals surface area contributed by atoms with Crippen LogP contribution in [0, 0.1) is 0 Å². The van der Waals surface area contributed by atoms with Gasteiger partial charge in [0.15, 0.2) is 0 Å². The first-order valence-electron chi connectivity index (χ1n) is 11.8. The van der Waals surface area contributed by atoms with Gasteiger partial charge in [-0.2, -0.15) is 0 Å². The predicted octanol–water partition coefficient (Wildman–Crippen LogP) is 7.77. The molecule has 0 N–H and O–H groups in total. The molecule has 0 spiro atoms. The van der Waals surface area contributed by atoms with Gasteiger partial charge in [-0.3, -0.25) is 0 Å². The third-order valence-electron chi connectivity index (χ3n) is 5.31. The van der Waals surface area contributed by atoms with Crippen molar-refractivity contribution in [3.8, 4) is 11.5 Å². The number of hydrogen-bond acceptors (Lipinski definition) is 3. The molecule has 0 aliphatic rings. The first-order chi connectivity index (χ1) is 14.7. The van der Waals surface area contributed by atoms with Gasteiger partial charge in [-0.1, -0.05) is 77.3 Å². The lowest BCUT2D eigenvalue weighted by Gasteiger charge is -2.08. The highest BCUT2D eigenvalue weighted by atomic mass is 16.5. The van der Waals surface area contributed by atoms with Gasteiger partial charge in [0, 0.05) is 0 Å². The molecule has 0 atom stereocenters. The van der Waals surface area contributed by atoms with Gasteiger partial charge in [0.1, 0.15) is 11.5 Å². The predicted molar refractivity (Wildman–Crippen MR) is 125 cm³/mol. The molecule has 0 amide bonds. The molecule has 2 aromatic carbocycles. The molecular formula is C27H38O3. The monoisotopic (exact) mass is 410 g/mol. The van der Waals surface area contributed by atoms with Crippen LogP contribution in [0.5, 0.6) is 11.5 Å². The Hall–Kier alpha value is -2.29. The van der Waals surface area contributed by atoms with Crippen LogP contribution in [0.2, 0.25) is 0 Å². The Morgan fingerprint density at radius 3 is 1.87 bits per heavy atom. The highest BCUT2D eigenvalue weighted by Gasteiger charge is 2.09. The van der Waals surface area contributed by atoms with Crippen LogP contribution in [0.4, 0.5) is 0 Å². The Morgan fingerprint density at radius 1 is 0.667 bits per heavy atom. The summed E-state index contributed by atoms with van der Waals surface area (Å²) in [5, 5.41) is 0. The summed E-state index contributed by atoms with van der Waals surface area (Å²) >= 11 is 0. The van der Waals surface area contributed by atoms with Gasteiger partial charge in [-0.15, -0.1) is 0 Å². The number of carbonyl (C=O) groups is 1. The molecule has 0 bridgehead atoms. The van der Waals surface area contributed by atoms with E-state index >= 15 is 0 Å². The summed E-state index contributed by atoms with van der Waals surface area (Å²) in [7, 11) is 0. The Kier molecular flexibility index (Phi) is 11.7. The van der Waals surface area contributed by atoms with Crippen LogP contribution in [-0.2, 0) is 6.42 Å². The maximum absolute atomic E-state index is 12.4. The van der Waals surface area contributed by atoms with Gasteiger partial charge in [0.2, 0.25) is 0 Å². The molecule has 0 saturated heterocycles. The van der Waals surface area contributed by atoms with Gasteiger partial charge in [-0.25, -0.2) is 4.79 Å². The van der Waals surface area contributed by atoms with E-state index in [0.717, 1.165) is 25.2 Å². The van der Waals surface area contributed by atoms with Crippen LogP contribution >= 0.6 is 0 Å². The number of benzene rings is 2. The summed E-state index contributed by atoms with van der Waals surface area (Å²) in [6.07, 6.45) is 13.5. The van der Waals surface area contributed by atoms with Crippen molar-refractivity contribution in [2.75, 3.05) is 6.61 Å². The second-order valence-electron chi connectivity index (χ2n) is 7.98. The summed E-state index contributed by atoms with van der Waals surface area (Å²) < 4.78 is 11.3. The van der Waals surface area contributed by atoms with E-state index in [1.54, 1.807) is 12.1 Å². The van der Waals surface area contributed by atoms with Gasteiger partial charge in [0.25, 0.3) is 0 Å². The third kappa shape index (κ3) is 9.47. The van der Waals surface area contributed by atoms with Crippen molar-refractivity contribution < 1.29 is 14.3 Å². The number of carbonyl (C=O) groups excluding carboxylic acids is 1. The zero-order chi connectivity index (χ0) is 21.4. The smallest absolute Gasteiger partial charge is 0.343 e. The van der Waals surface area contributed by atoms with Crippen molar-refractivity contribution in [3.63, 3.8) is 0 Å². The number of ether oxygens (including phenoxy) is 2. The SMILES string of the molecule is CCCCCCCOc1ccc(OC(=O)c2ccc(CCCCCCC)cc2)cc1. The number of rotatable bonds is 15. The minimum Gasteiger partial charge on any atom is -0.494 e. The molecular weight excluding hydrogens is 372 g/mol. The summed E-state index contributed by atoms with van der Waals surface area (Å²) in [5.74, 6) is 1.03. The largest absolute Gasteiger partial charge is 0.494 e. The molecule has 30 heavy (non-hydrogen) atoms. The Morgan fingerprint density at radius 2 is 1.23 bits per heavy atom. The summed E-state index contributed by atoms with van der Waals surface area (Å²) in [6, 6.07) is 15.1. The van der Waals surface area contributed by atoms with Crippen molar-refractivity contribution in [3.05, 3.63) is 59.7 Å². The highest BCUT2D eigenvalue weighted by Crippen LogP contribution is 2.19. The van der Waals surface area contributed by atoms with Crippen molar-refractivity contribution in [1.82, 2.24) is 0 Å². The molecule has 0 radical (unpaired) electrons. The van der Waals surface area contributed by atoms with E-state index in [1.807, 2.05) is 36.4 Å². The van der Waals surface area contributed by atoms with Crippen LogP contribution in [0.25, 0.3) is 0 Å². The Labute approximate surface area is 182 Å². The van der Waals surface area contributed by atoms with Crippen LogP contribution in [0.1, 0.15) is 94.0 Å². The first-order valence-corrected chi connectivity index (χ1v) is 11.8. The molecule has 0 aliphatic heterocycles. The lowest BCUT2D eigenvalue weighted by Crippen LogP contribution is -2.08. The van der Waals surface area contributed by atoms with Crippen molar-refractivity contribution in [2.45, 2.75) is 84.5 Å². The molecule has 2 aromatic rings. The van der Waals surface area contributed by atoms with Gasteiger partial charge < -0.3 is 9.47 Å². The molecule has 3 nitrogen and oxygen atoms in total. The number of aryl methyl sites for hydroxylation is 1. The second kappa shape index (κ2) is 14.7. The average Bonchev–Trinajstić information content (AvgIpc) is 2.77. The fourth-order valence-electron chi connectivity index (χ4n) is 3.41. The van der Waals surface area contributed by atoms with E-state index in [9.17, 15) is 4.79 Å². The van der Waals surface area contributed by atoms with Gasteiger partial charge >= 0.3 is 5.97 Å².